The van der Waals surface area contributed by atoms with Gasteiger partial charge in [0.15, 0.2) is 0 Å². The van der Waals surface area contributed by atoms with Crippen molar-refractivity contribution in [1.82, 2.24) is 0 Å². The van der Waals surface area contributed by atoms with Crippen molar-refractivity contribution < 1.29 is 42.9 Å². The SMILES string of the molecule is CC(COC(c1ccccc1)c1ccccc1)OCCO.CC(COC(c1ccccc1)c1ccccc1)OCCOP(=O)(O)O. The maximum atomic E-state index is 10.6. The molecule has 4 aromatic rings. The number of aliphatic hydroxyl groups excluding tert-OH is 1. The van der Waals surface area contributed by atoms with Gasteiger partial charge in [-0.2, -0.15) is 0 Å². The first-order valence-corrected chi connectivity index (χ1v) is 16.8. The highest BCUT2D eigenvalue weighted by atomic mass is 31.2. The maximum Gasteiger partial charge on any atom is 0.469 e. The highest BCUT2D eigenvalue weighted by Gasteiger charge is 2.18. The molecule has 3 N–H and O–H groups in total. The summed E-state index contributed by atoms with van der Waals surface area (Å²) >= 11 is 0. The Morgan fingerprint density at radius 1 is 0.522 bits per heavy atom. The first kappa shape index (κ1) is 37.2. The minimum absolute atomic E-state index is 0.0329. The largest absolute Gasteiger partial charge is 0.469 e. The summed E-state index contributed by atoms with van der Waals surface area (Å²) in [5, 5.41) is 8.78. The topological polar surface area (TPSA) is 124 Å². The Morgan fingerprint density at radius 3 is 1.15 bits per heavy atom. The van der Waals surface area contributed by atoms with Gasteiger partial charge in [0.05, 0.1) is 51.8 Å². The van der Waals surface area contributed by atoms with Crippen LogP contribution in [0.25, 0.3) is 0 Å². The molecule has 0 saturated heterocycles. The van der Waals surface area contributed by atoms with Crippen molar-refractivity contribution in [1.29, 1.82) is 0 Å². The molecule has 0 saturated carbocycles. The Labute approximate surface area is 271 Å². The van der Waals surface area contributed by atoms with Gasteiger partial charge in [0.2, 0.25) is 0 Å². The molecule has 0 amide bonds. The predicted octanol–water partition coefficient (Wildman–Crippen LogP) is 6.50. The zero-order valence-electron chi connectivity index (χ0n) is 26.3. The van der Waals surface area contributed by atoms with E-state index in [2.05, 4.69) is 28.8 Å². The number of ether oxygens (including phenoxy) is 4. The number of benzene rings is 4. The molecule has 0 radical (unpaired) electrons. The van der Waals surface area contributed by atoms with Crippen LogP contribution in [0.3, 0.4) is 0 Å². The molecule has 0 spiro atoms. The van der Waals surface area contributed by atoms with Crippen LogP contribution >= 0.6 is 7.82 Å². The van der Waals surface area contributed by atoms with E-state index in [1.165, 1.54) is 0 Å². The first-order chi connectivity index (χ1) is 22.3. The lowest BCUT2D eigenvalue weighted by atomic mass is 10.0. The molecule has 0 bridgehead atoms. The molecule has 0 aliphatic rings. The third kappa shape index (κ3) is 14.5. The zero-order valence-corrected chi connectivity index (χ0v) is 27.2. The van der Waals surface area contributed by atoms with Gasteiger partial charge in [-0.1, -0.05) is 121 Å². The van der Waals surface area contributed by atoms with Crippen LogP contribution in [0.5, 0.6) is 0 Å². The van der Waals surface area contributed by atoms with Gasteiger partial charge in [0, 0.05) is 0 Å². The minimum atomic E-state index is -4.45. The van der Waals surface area contributed by atoms with E-state index in [0.29, 0.717) is 19.8 Å². The fourth-order valence-electron chi connectivity index (χ4n) is 4.50. The zero-order chi connectivity index (χ0) is 33.0. The van der Waals surface area contributed by atoms with Crippen molar-refractivity contribution in [3.05, 3.63) is 144 Å². The van der Waals surface area contributed by atoms with Crippen molar-refractivity contribution >= 4 is 7.82 Å². The van der Waals surface area contributed by atoms with Crippen molar-refractivity contribution in [2.24, 2.45) is 0 Å². The molecule has 4 aromatic carbocycles. The second-order valence-electron chi connectivity index (χ2n) is 10.5. The van der Waals surface area contributed by atoms with Crippen LogP contribution in [0.15, 0.2) is 121 Å². The monoisotopic (exact) mass is 652 g/mol. The lowest BCUT2D eigenvalue weighted by Gasteiger charge is -2.21. The second-order valence-corrected chi connectivity index (χ2v) is 11.7. The predicted molar refractivity (Wildman–Crippen MR) is 177 cm³/mol. The summed E-state index contributed by atoms with van der Waals surface area (Å²) in [5.74, 6) is 0. The molecule has 10 heteroatoms. The highest BCUT2D eigenvalue weighted by Crippen LogP contribution is 2.35. The second kappa shape index (κ2) is 20.8. The summed E-state index contributed by atoms with van der Waals surface area (Å²) in [4.78, 5) is 17.2. The summed E-state index contributed by atoms with van der Waals surface area (Å²) in [7, 11) is -4.45. The summed E-state index contributed by atoms with van der Waals surface area (Å²) < 4.78 is 38.0. The molecule has 0 aliphatic carbocycles. The molecule has 0 aliphatic heterocycles. The van der Waals surface area contributed by atoms with Crippen LogP contribution < -0.4 is 0 Å². The Hall–Kier alpha value is -3.21. The molecule has 9 nitrogen and oxygen atoms in total. The van der Waals surface area contributed by atoms with E-state index in [1.54, 1.807) is 0 Å². The van der Waals surface area contributed by atoms with Gasteiger partial charge >= 0.3 is 7.82 Å². The van der Waals surface area contributed by atoms with Gasteiger partial charge in [-0.3, -0.25) is 4.52 Å². The smallest absolute Gasteiger partial charge is 0.394 e. The van der Waals surface area contributed by atoms with Gasteiger partial charge in [-0.25, -0.2) is 4.57 Å². The number of rotatable bonds is 18. The number of hydrogen-bond donors (Lipinski definition) is 3. The van der Waals surface area contributed by atoms with Crippen LogP contribution in [-0.2, 0) is 28.0 Å². The average molecular weight is 653 g/mol. The van der Waals surface area contributed by atoms with Gasteiger partial charge in [-0.15, -0.1) is 0 Å². The number of phosphoric acid groups is 1. The van der Waals surface area contributed by atoms with Crippen LogP contribution in [0.1, 0.15) is 48.3 Å². The van der Waals surface area contributed by atoms with E-state index in [9.17, 15) is 4.57 Å². The number of hydrogen-bond acceptors (Lipinski definition) is 7. The van der Waals surface area contributed by atoms with E-state index in [0.717, 1.165) is 22.3 Å². The summed E-state index contributed by atoms with van der Waals surface area (Å²) in [5.41, 5.74) is 4.34. The molecule has 4 rings (SSSR count). The standard InChI is InChI=1S/C18H23O6P.C18H22O3/c1-15(22-12-13-24-25(19,20)21)14-23-18(16-8-4-2-5-9-16)17-10-6-3-7-11-17;1-15(20-13-12-19)14-21-18(16-8-4-2-5-9-16)17-10-6-3-7-11-17/h2-11,15,18H,12-14H2,1H3,(H2,19,20,21);2-11,15,18-19H,12-14H2,1H3. The maximum absolute atomic E-state index is 10.6. The Kier molecular flexibility index (Phi) is 16.9. The molecule has 0 aromatic heterocycles. The summed E-state index contributed by atoms with van der Waals surface area (Å²) in [6, 6.07) is 40.1. The Balaban J connectivity index is 0.000000254. The van der Waals surface area contributed by atoms with E-state index in [1.807, 2.05) is 111 Å². The van der Waals surface area contributed by atoms with Gasteiger partial charge in [0.1, 0.15) is 12.2 Å². The molecule has 46 heavy (non-hydrogen) atoms. The molecule has 2 atom stereocenters. The lowest BCUT2D eigenvalue weighted by molar-refractivity contribution is -0.0351. The van der Waals surface area contributed by atoms with E-state index < -0.39 is 7.82 Å². The van der Waals surface area contributed by atoms with E-state index in [4.69, 9.17) is 33.8 Å². The van der Waals surface area contributed by atoms with Crippen LogP contribution in [0, 0.1) is 0 Å². The highest BCUT2D eigenvalue weighted by molar-refractivity contribution is 7.46. The van der Waals surface area contributed by atoms with Crippen molar-refractivity contribution in [3.63, 3.8) is 0 Å². The first-order valence-electron chi connectivity index (χ1n) is 15.2. The third-order valence-corrected chi connectivity index (χ3v) is 7.16. The molecule has 0 heterocycles. The van der Waals surface area contributed by atoms with Gasteiger partial charge in [0.25, 0.3) is 0 Å². The summed E-state index contributed by atoms with van der Waals surface area (Å²) in [6.45, 7) is 4.88. The van der Waals surface area contributed by atoms with Crippen LogP contribution in [0.4, 0.5) is 0 Å². The van der Waals surface area contributed by atoms with Gasteiger partial charge < -0.3 is 33.8 Å². The Morgan fingerprint density at radius 2 is 0.848 bits per heavy atom. The number of aliphatic hydroxyl groups is 1. The van der Waals surface area contributed by atoms with E-state index in [-0.39, 0.29) is 44.2 Å². The fraction of sp³-hybridized carbons (Fsp3) is 0.333. The minimum Gasteiger partial charge on any atom is -0.394 e. The third-order valence-electron chi connectivity index (χ3n) is 6.64. The molecule has 0 fully saturated rings. The number of phosphoric ester groups is 1. The summed E-state index contributed by atoms with van der Waals surface area (Å²) in [6.07, 6.45) is -0.602. The Bertz CT molecular complexity index is 1290. The van der Waals surface area contributed by atoms with Gasteiger partial charge in [-0.05, 0) is 36.1 Å². The van der Waals surface area contributed by atoms with Crippen LogP contribution in [0.2, 0.25) is 0 Å². The molecule has 2 unspecified atom stereocenters. The lowest BCUT2D eigenvalue weighted by Crippen LogP contribution is -2.20. The fourth-order valence-corrected chi connectivity index (χ4v) is 4.81. The molecule has 248 valence electrons. The average Bonchev–Trinajstić information content (AvgIpc) is 3.08. The van der Waals surface area contributed by atoms with Crippen molar-refractivity contribution in [2.75, 3.05) is 39.6 Å². The van der Waals surface area contributed by atoms with Crippen molar-refractivity contribution in [2.45, 2.75) is 38.3 Å². The normalized spacial score (nSPS) is 12.8. The van der Waals surface area contributed by atoms with Crippen LogP contribution in [-0.4, -0.2) is 66.7 Å². The van der Waals surface area contributed by atoms with Crippen molar-refractivity contribution in [3.8, 4) is 0 Å². The molecular weight excluding hydrogens is 607 g/mol. The quantitative estimate of drug-likeness (QED) is 0.0817. The molecular formula is C36H45O9P. The van der Waals surface area contributed by atoms with E-state index >= 15 is 0 Å².